The number of fused-ring (bicyclic) bond motifs is 1. The molecule has 2 aromatic rings. The Kier molecular flexibility index (Phi) is 5.30. The van der Waals surface area contributed by atoms with Gasteiger partial charge in [-0.3, -0.25) is 4.90 Å². The zero-order valence-corrected chi connectivity index (χ0v) is 17.4. The molecule has 1 saturated heterocycles. The molecule has 0 aliphatic carbocycles. The number of hydrogen-bond acceptors (Lipinski definition) is 6. The van der Waals surface area contributed by atoms with Crippen molar-refractivity contribution in [3.05, 3.63) is 45.7 Å². The van der Waals surface area contributed by atoms with E-state index in [1.54, 1.807) is 0 Å². The van der Waals surface area contributed by atoms with E-state index in [-0.39, 0.29) is 16.8 Å². The summed E-state index contributed by atoms with van der Waals surface area (Å²) in [6.45, 7) is 3.13. The molecule has 0 radical (unpaired) electrons. The number of benzene rings is 1. The first-order chi connectivity index (χ1) is 12.9. The lowest BCUT2D eigenvalue weighted by Crippen LogP contribution is -2.48. The van der Waals surface area contributed by atoms with E-state index in [0.717, 1.165) is 23.6 Å². The van der Waals surface area contributed by atoms with Gasteiger partial charge in [0.15, 0.2) is 11.5 Å². The highest BCUT2D eigenvalue weighted by Crippen LogP contribution is 2.33. The van der Waals surface area contributed by atoms with Gasteiger partial charge in [-0.05, 0) is 39.7 Å². The maximum Gasteiger partial charge on any atom is 0.244 e. The Labute approximate surface area is 171 Å². The molecule has 0 N–H and O–H groups in total. The zero-order chi connectivity index (χ0) is 19.0. The molecule has 4 rings (SSSR count). The van der Waals surface area contributed by atoms with Crippen LogP contribution in [0.2, 0.25) is 5.15 Å². The van der Waals surface area contributed by atoms with Crippen LogP contribution in [0.5, 0.6) is 11.5 Å². The molecule has 0 unspecified atom stereocenters. The van der Waals surface area contributed by atoms with Crippen LogP contribution in [0.15, 0.2) is 39.8 Å². The predicted octanol–water partition coefficient (Wildman–Crippen LogP) is 2.73. The summed E-state index contributed by atoms with van der Waals surface area (Å²) in [4.78, 5) is 6.28. The molecule has 0 amide bonds. The highest BCUT2D eigenvalue weighted by molar-refractivity contribution is 9.10. The number of rotatable bonds is 4. The number of pyridine rings is 1. The third-order valence-corrected chi connectivity index (χ3v) is 7.58. The van der Waals surface area contributed by atoms with Gasteiger partial charge in [-0.1, -0.05) is 17.7 Å². The van der Waals surface area contributed by atoms with Crippen LogP contribution in [0.4, 0.5) is 0 Å². The van der Waals surface area contributed by atoms with Crippen LogP contribution < -0.4 is 9.47 Å². The lowest BCUT2D eigenvalue weighted by atomic mass is 10.2. The maximum absolute atomic E-state index is 12.8. The molecule has 10 heteroatoms. The molecular formula is C17H17BrClN3O4S. The molecule has 2 aliphatic rings. The molecule has 2 aliphatic heterocycles. The summed E-state index contributed by atoms with van der Waals surface area (Å²) in [5.74, 6) is 1.52. The second-order valence-electron chi connectivity index (χ2n) is 6.31. The fraction of sp³-hybridized carbons (Fsp3) is 0.353. The summed E-state index contributed by atoms with van der Waals surface area (Å²) in [6.07, 6.45) is 1.29. The topological polar surface area (TPSA) is 72.0 Å². The van der Waals surface area contributed by atoms with Crippen LogP contribution in [-0.2, 0) is 16.6 Å². The number of hydrogen-bond donors (Lipinski definition) is 0. The van der Waals surface area contributed by atoms with Gasteiger partial charge in [0.1, 0.15) is 10.0 Å². The average molecular weight is 475 g/mol. The zero-order valence-electron chi connectivity index (χ0n) is 14.3. The average Bonchev–Trinajstić information content (AvgIpc) is 3.12. The van der Waals surface area contributed by atoms with Crippen molar-refractivity contribution >= 4 is 37.6 Å². The maximum atomic E-state index is 12.8. The van der Waals surface area contributed by atoms with E-state index in [9.17, 15) is 8.42 Å². The van der Waals surface area contributed by atoms with E-state index in [4.69, 9.17) is 21.1 Å². The molecule has 27 heavy (non-hydrogen) atoms. The van der Waals surface area contributed by atoms with Gasteiger partial charge in [-0.2, -0.15) is 4.31 Å². The first-order valence-electron chi connectivity index (χ1n) is 8.35. The van der Waals surface area contributed by atoms with Gasteiger partial charge >= 0.3 is 0 Å². The second kappa shape index (κ2) is 7.56. The Morgan fingerprint density at radius 3 is 2.59 bits per heavy atom. The molecule has 3 heterocycles. The van der Waals surface area contributed by atoms with Gasteiger partial charge in [-0.15, -0.1) is 0 Å². The van der Waals surface area contributed by atoms with E-state index in [1.165, 1.54) is 16.6 Å². The van der Waals surface area contributed by atoms with Gasteiger partial charge in [0, 0.05) is 38.9 Å². The van der Waals surface area contributed by atoms with E-state index < -0.39 is 10.0 Å². The van der Waals surface area contributed by atoms with Crippen molar-refractivity contribution in [3.8, 4) is 11.5 Å². The van der Waals surface area contributed by atoms with Crippen molar-refractivity contribution in [3.63, 3.8) is 0 Å². The summed E-state index contributed by atoms with van der Waals surface area (Å²) in [5.41, 5.74) is 1.11. The highest BCUT2D eigenvalue weighted by atomic mass is 79.9. The number of halogens is 2. The van der Waals surface area contributed by atoms with E-state index >= 15 is 0 Å². The lowest BCUT2D eigenvalue weighted by Gasteiger charge is -2.34. The Bertz CT molecular complexity index is 965. The Hall–Kier alpha value is -1.39. The molecule has 144 valence electrons. The summed E-state index contributed by atoms with van der Waals surface area (Å²) < 4.78 is 38.3. The minimum Gasteiger partial charge on any atom is -0.454 e. The molecule has 0 bridgehead atoms. The summed E-state index contributed by atoms with van der Waals surface area (Å²) in [7, 11) is -3.59. The number of piperazine rings is 1. The number of aromatic nitrogens is 1. The first-order valence-corrected chi connectivity index (χ1v) is 11.0. The first kappa shape index (κ1) is 18.9. The molecule has 0 spiro atoms. The number of sulfonamides is 1. The van der Waals surface area contributed by atoms with Gasteiger partial charge in [-0.25, -0.2) is 13.4 Å². The smallest absolute Gasteiger partial charge is 0.244 e. The van der Waals surface area contributed by atoms with E-state index in [1.807, 2.05) is 18.2 Å². The fourth-order valence-corrected chi connectivity index (χ4v) is 5.12. The predicted molar refractivity (Wildman–Crippen MR) is 104 cm³/mol. The summed E-state index contributed by atoms with van der Waals surface area (Å²) >= 11 is 9.08. The van der Waals surface area contributed by atoms with Crippen molar-refractivity contribution in [1.29, 1.82) is 0 Å². The number of ether oxygens (including phenoxy) is 2. The van der Waals surface area contributed by atoms with Gasteiger partial charge in [0.2, 0.25) is 16.8 Å². The van der Waals surface area contributed by atoms with Gasteiger partial charge in [0.25, 0.3) is 0 Å². The molecule has 0 saturated carbocycles. The van der Waals surface area contributed by atoms with E-state index in [0.29, 0.717) is 30.7 Å². The number of nitrogens with zero attached hydrogens (tertiary/aromatic N) is 3. The highest BCUT2D eigenvalue weighted by Gasteiger charge is 2.29. The van der Waals surface area contributed by atoms with Crippen LogP contribution in [0.25, 0.3) is 0 Å². The minimum atomic E-state index is -3.59. The van der Waals surface area contributed by atoms with Crippen molar-refractivity contribution in [2.24, 2.45) is 0 Å². The SMILES string of the molecule is O=S(=O)(c1cnc(Cl)c(Br)c1)N1CCN(Cc2ccc3c(c2)OCO3)CC1. The van der Waals surface area contributed by atoms with Crippen LogP contribution >= 0.6 is 27.5 Å². The van der Waals surface area contributed by atoms with Crippen molar-refractivity contribution in [2.45, 2.75) is 11.4 Å². The monoisotopic (exact) mass is 473 g/mol. The van der Waals surface area contributed by atoms with Gasteiger partial charge < -0.3 is 9.47 Å². The van der Waals surface area contributed by atoms with Crippen molar-refractivity contribution in [2.75, 3.05) is 33.0 Å². The minimum absolute atomic E-state index is 0.142. The second-order valence-corrected chi connectivity index (χ2v) is 9.46. The third kappa shape index (κ3) is 3.93. The lowest BCUT2D eigenvalue weighted by molar-refractivity contribution is 0.173. The van der Waals surface area contributed by atoms with Crippen molar-refractivity contribution < 1.29 is 17.9 Å². The van der Waals surface area contributed by atoms with Crippen LogP contribution in [-0.4, -0.2) is 55.6 Å². The largest absolute Gasteiger partial charge is 0.454 e. The van der Waals surface area contributed by atoms with Crippen molar-refractivity contribution in [1.82, 2.24) is 14.2 Å². The Morgan fingerprint density at radius 2 is 1.85 bits per heavy atom. The van der Waals surface area contributed by atoms with Crippen LogP contribution in [0.1, 0.15) is 5.56 Å². The molecule has 1 fully saturated rings. The molecule has 1 aromatic carbocycles. The fourth-order valence-electron chi connectivity index (χ4n) is 3.12. The molecular weight excluding hydrogens is 458 g/mol. The Morgan fingerprint density at radius 1 is 1.11 bits per heavy atom. The van der Waals surface area contributed by atoms with Gasteiger partial charge in [0.05, 0.1) is 4.47 Å². The molecule has 0 atom stereocenters. The molecule has 1 aromatic heterocycles. The normalized spacial score (nSPS) is 18.0. The molecule has 7 nitrogen and oxygen atoms in total. The Balaban J connectivity index is 1.40. The quantitative estimate of drug-likeness (QED) is 0.635. The van der Waals surface area contributed by atoms with Crippen LogP contribution in [0, 0.1) is 0 Å². The standard InChI is InChI=1S/C17H17BrClN3O4S/c18-14-8-13(9-20-17(14)19)27(23,24)22-5-3-21(4-6-22)10-12-1-2-15-16(7-12)26-11-25-15/h1-2,7-9H,3-6,10-11H2. The third-order valence-electron chi connectivity index (χ3n) is 4.58. The summed E-state index contributed by atoms with van der Waals surface area (Å²) in [5, 5.41) is 0.238. The van der Waals surface area contributed by atoms with E-state index in [2.05, 4.69) is 25.8 Å². The van der Waals surface area contributed by atoms with Crippen LogP contribution in [0.3, 0.4) is 0 Å². The summed E-state index contributed by atoms with van der Waals surface area (Å²) in [6, 6.07) is 7.38.